The van der Waals surface area contributed by atoms with E-state index in [4.69, 9.17) is 0 Å². The molecule has 3 unspecified atom stereocenters. The van der Waals surface area contributed by atoms with E-state index >= 15 is 0 Å². The van der Waals surface area contributed by atoms with Gasteiger partial charge in [0.15, 0.2) is 10.8 Å². The van der Waals surface area contributed by atoms with Gasteiger partial charge in [0.2, 0.25) is 5.91 Å². The Hall–Kier alpha value is -2.67. The highest BCUT2D eigenvalue weighted by atomic mass is 32.2. The summed E-state index contributed by atoms with van der Waals surface area (Å²) in [6.07, 6.45) is 2.82. The van der Waals surface area contributed by atoms with E-state index in [1.807, 2.05) is 24.4 Å². The molecule has 0 spiro atoms. The molecule has 5 rings (SSSR count). The number of rotatable bonds is 7. The monoisotopic (exact) mass is 532 g/mol. The van der Waals surface area contributed by atoms with Crippen LogP contribution in [0.2, 0.25) is 0 Å². The summed E-state index contributed by atoms with van der Waals surface area (Å²) in [5.74, 6) is -0.991. The second-order valence-corrected chi connectivity index (χ2v) is 12.5. The molecule has 0 aromatic carbocycles. The van der Waals surface area contributed by atoms with E-state index in [2.05, 4.69) is 10.3 Å². The first-order valence-corrected chi connectivity index (χ1v) is 14.5. The highest BCUT2D eigenvalue weighted by Gasteiger charge is 2.54. The zero-order valence-electron chi connectivity index (χ0n) is 18.9. The first-order chi connectivity index (χ1) is 16.8. The Morgan fingerprint density at radius 1 is 1.26 bits per heavy atom. The minimum Gasteiger partial charge on any atom is -0.340 e. The smallest absolute Gasteiger partial charge is 0.262 e. The van der Waals surface area contributed by atoms with Crippen LogP contribution in [0.5, 0.6) is 0 Å². The van der Waals surface area contributed by atoms with Crippen molar-refractivity contribution in [3.8, 4) is 0 Å². The number of carbonyl (C=O) groups is 3. The third-order valence-corrected chi connectivity index (χ3v) is 10.3. The number of nitrogens with one attached hydrogen (secondary N) is 1. The first-order valence-electron chi connectivity index (χ1n) is 11.3. The summed E-state index contributed by atoms with van der Waals surface area (Å²) in [6.45, 7) is 1.87. The predicted octanol–water partition coefficient (Wildman–Crippen LogP) is 2.50. The Bertz CT molecular complexity index is 1360. The van der Waals surface area contributed by atoms with E-state index < -0.39 is 28.1 Å². The van der Waals surface area contributed by atoms with Crippen molar-refractivity contribution in [1.29, 1.82) is 0 Å². The minimum atomic E-state index is -3.97. The van der Waals surface area contributed by atoms with Gasteiger partial charge < -0.3 is 10.2 Å². The van der Waals surface area contributed by atoms with Crippen molar-refractivity contribution in [2.45, 2.75) is 49.3 Å². The van der Waals surface area contributed by atoms with Crippen LogP contribution < -0.4 is 5.32 Å². The van der Waals surface area contributed by atoms with Crippen molar-refractivity contribution in [2.24, 2.45) is 0 Å². The summed E-state index contributed by atoms with van der Waals surface area (Å²) in [5.41, 5.74) is 0. The highest BCUT2D eigenvalue weighted by molar-refractivity contribution is 7.89. The standard InChI is InChI=1S/C23H24N4O5S3/c1-2-5-14(25-22(29)19-12-18-17(34-19)8-11-33-18)23(30)26-10-7-15-21(26)16(28)13-27(15)35(31,32)20-6-3-4-9-24-20/h3-4,6,8-9,11-12,14-15,21H,2,5,7,10,13H2,1H3,(H,25,29). The second-order valence-electron chi connectivity index (χ2n) is 8.59. The molecule has 0 bridgehead atoms. The van der Waals surface area contributed by atoms with E-state index in [1.54, 1.807) is 23.5 Å². The lowest BCUT2D eigenvalue weighted by atomic mass is 10.1. The fraction of sp³-hybridized carbons (Fsp3) is 0.391. The average molecular weight is 533 g/mol. The van der Waals surface area contributed by atoms with Gasteiger partial charge in [-0.15, -0.1) is 22.7 Å². The Morgan fingerprint density at radius 3 is 2.80 bits per heavy atom. The van der Waals surface area contributed by atoms with Crippen molar-refractivity contribution in [3.05, 3.63) is 46.8 Å². The number of Topliss-reactive ketones (excluding diaryl/α,β-unsaturated/α-hetero) is 1. The molecule has 0 radical (unpaired) electrons. The lowest BCUT2D eigenvalue weighted by Gasteiger charge is -2.28. The molecule has 35 heavy (non-hydrogen) atoms. The van der Waals surface area contributed by atoms with Gasteiger partial charge in [-0.25, -0.2) is 13.4 Å². The molecular formula is C23H24N4O5S3. The number of amides is 2. The predicted molar refractivity (Wildman–Crippen MR) is 133 cm³/mol. The Balaban J connectivity index is 1.34. The first kappa shape index (κ1) is 24.0. The maximum Gasteiger partial charge on any atom is 0.262 e. The number of aromatic nitrogens is 1. The lowest BCUT2D eigenvalue weighted by Crippen LogP contribution is -2.52. The van der Waals surface area contributed by atoms with Crippen molar-refractivity contribution in [1.82, 2.24) is 19.5 Å². The van der Waals surface area contributed by atoms with Crippen LogP contribution in [0.15, 0.2) is 46.9 Å². The number of carbonyl (C=O) groups excluding carboxylic acids is 3. The molecular weight excluding hydrogens is 508 g/mol. The van der Waals surface area contributed by atoms with Crippen molar-refractivity contribution in [3.63, 3.8) is 0 Å². The summed E-state index contributed by atoms with van der Waals surface area (Å²) in [4.78, 5) is 45.3. The Morgan fingerprint density at radius 2 is 2.09 bits per heavy atom. The van der Waals surface area contributed by atoms with Crippen LogP contribution in [0.1, 0.15) is 35.9 Å². The Kier molecular flexibility index (Phi) is 6.47. The van der Waals surface area contributed by atoms with Crippen molar-refractivity contribution in [2.75, 3.05) is 13.1 Å². The number of nitrogens with zero attached hydrogens (tertiary/aromatic N) is 3. The second kappa shape index (κ2) is 9.41. The van der Waals surface area contributed by atoms with Crippen LogP contribution >= 0.6 is 22.7 Å². The number of pyridine rings is 1. The molecule has 2 aliphatic rings. The van der Waals surface area contributed by atoms with Crippen LogP contribution in [0.4, 0.5) is 0 Å². The molecule has 3 aromatic rings. The van der Waals surface area contributed by atoms with Gasteiger partial charge in [-0.2, -0.15) is 4.31 Å². The SMILES string of the molecule is CCCC(NC(=O)c1cc2sccc2s1)C(=O)N1CCC2C1C(=O)CN2S(=O)(=O)c1ccccn1. The van der Waals surface area contributed by atoms with Gasteiger partial charge in [0, 0.05) is 22.1 Å². The number of hydrogen-bond acceptors (Lipinski definition) is 8. The molecule has 2 amide bonds. The quantitative estimate of drug-likeness (QED) is 0.500. The number of thiophene rings is 2. The molecule has 2 fully saturated rings. The van der Waals surface area contributed by atoms with E-state index in [0.29, 0.717) is 24.1 Å². The molecule has 0 saturated carbocycles. The normalized spacial score (nSPS) is 21.4. The molecule has 184 valence electrons. The maximum absolute atomic E-state index is 13.5. The third kappa shape index (κ3) is 4.28. The van der Waals surface area contributed by atoms with Crippen molar-refractivity contribution < 1.29 is 22.8 Å². The number of sulfonamides is 1. The van der Waals surface area contributed by atoms with Gasteiger partial charge in [-0.1, -0.05) is 19.4 Å². The highest BCUT2D eigenvalue weighted by Crippen LogP contribution is 2.34. The van der Waals surface area contributed by atoms with E-state index in [1.165, 1.54) is 32.8 Å². The molecule has 1 N–H and O–H groups in total. The van der Waals surface area contributed by atoms with Crippen molar-refractivity contribution >= 4 is 59.7 Å². The topological polar surface area (TPSA) is 117 Å². The lowest BCUT2D eigenvalue weighted by molar-refractivity contribution is -0.138. The summed E-state index contributed by atoms with van der Waals surface area (Å²) in [5, 5.41) is 4.70. The Labute approximate surface area is 210 Å². The van der Waals surface area contributed by atoms with Gasteiger partial charge in [-0.05, 0) is 42.5 Å². The molecule has 12 heteroatoms. The minimum absolute atomic E-state index is 0.120. The van der Waals surface area contributed by atoms with Crippen LogP contribution in [0, 0.1) is 0 Å². The fourth-order valence-corrected chi connectivity index (χ4v) is 8.38. The molecule has 0 aliphatic carbocycles. The molecule has 3 aromatic heterocycles. The van der Waals surface area contributed by atoms with E-state index in [-0.39, 0.29) is 35.7 Å². The molecule has 2 aliphatic heterocycles. The average Bonchev–Trinajstić information content (AvgIpc) is 3.61. The summed E-state index contributed by atoms with van der Waals surface area (Å²) in [6, 6.07) is 6.08. The van der Waals surface area contributed by atoms with Gasteiger partial charge in [-0.3, -0.25) is 14.4 Å². The zero-order chi connectivity index (χ0) is 24.7. The van der Waals surface area contributed by atoms with Gasteiger partial charge >= 0.3 is 0 Å². The zero-order valence-corrected chi connectivity index (χ0v) is 21.4. The number of likely N-dealkylation sites (tertiary alicyclic amines) is 1. The number of ketones is 1. The van der Waals surface area contributed by atoms with Gasteiger partial charge in [0.1, 0.15) is 12.1 Å². The summed E-state index contributed by atoms with van der Waals surface area (Å²) < 4.78 is 29.5. The van der Waals surface area contributed by atoms with Crippen LogP contribution in [0.25, 0.3) is 9.40 Å². The third-order valence-electron chi connectivity index (χ3n) is 6.42. The number of fused-ring (bicyclic) bond motifs is 2. The largest absolute Gasteiger partial charge is 0.340 e. The fourth-order valence-electron chi connectivity index (χ4n) is 4.81. The van der Waals surface area contributed by atoms with Crippen LogP contribution in [-0.4, -0.2) is 71.4 Å². The molecule has 5 heterocycles. The molecule has 9 nitrogen and oxygen atoms in total. The van der Waals surface area contributed by atoms with E-state index in [9.17, 15) is 22.8 Å². The van der Waals surface area contributed by atoms with E-state index in [0.717, 1.165) is 9.40 Å². The van der Waals surface area contributed by atoms with Gasteiger partial charge in [0.05, 0.1) is 17.5 Å². The number of hydrogen-bond donors (Lipinski definition) is 1. The summed E-state index contributed by atoms with van der Waals surface area (Å²) >= 11 is 2.93. The molecule has 2 saturated heterocycles. The van der Waals surface area contributed by atoms with Gasteiger partial charge in [0.25, 0.3) is 15.9 Å². The maximum atomic E-state index is 13.5. The molecule has 3 atom stereocenters. The summed E-state index contributed by atoms with van der Waals surface area (Å²) in [7, 11) is -3.97. The van der Waals surface area contributed by atoms with Crippen LogP contribution in [0.3, 0.4) is 0 Å². The van der Waals surface area contributed by atoms with Crippen LogP contribution in [-0.2, 0) is 19.6 Å².